The summed E-state index contributed by atoms with van der Waals surface area (Å²) in [5.74, 6) is -0.921. The highest BCUT2D eigenvalue weighted by atomic mass is 16.5. The van der Waals surface area contributed by atoms with Crippen LogP contribution in [-0.2, 0) is 14.3 Å². The van der Waals surface area contributed by atoms with Gasteiger partial charge in [0.25, 0.3) is 0 Å². The van der Waals surface area contributed by atoms with Gasteiger partial charge in [0.1, 0.15) is 5.69 Å². The fourth-order valence-electron chi connectivity index (χ4n) is 1.59. The third-order valence-electron chi connectivity index (χ3n) is 2.44. The van der Waals surface area contributed by atoms with Gasteiger partial charge in [-0.2, -0.15) is 0 Å². The van der Waals surface area contributed by atoms with Crippen LogP contribution in [0.15, 0.2) is 24.5 Å². The molecule has 0 aromatic carbocycles. The number of carbonyl (C=O) groups is 2. The van der Waals surface area contributed by atoms with Crippen LogP contribution in [0, 0.1) is 0 Å². The maximum atomic E-state index is 12.0. The molecule has 0 aliphatic carbocycles. The van der Waals surface area contributed by atoms with Crippen LogP contribution in [0.5, 0.6) is 0 Å². The third kappa shape index (κ3) is 4.91. The first-order valence-electron chi connectivity index (χ1n) is 6.68. The molecule has 0 bridgehead atoms. The Balaban J connectivity index is 3.04. The molecule has 6 heteroatoms. The first-order valence-corrected chi connectivity index (χ1v) is 6.68. The van der Waals surface area contributed by atoms with Gasteiger partial charge in [-0.1, -0.05) is 6.07 Å². The average molecular weight is 292 g/mol. The minimum atomic E-state index is -0.488. The van der Waals surface area contributed by atoms with Crippen LogP contribution < -0.4 is 0 Å². The molecule has 0 N–H and O–H groups in total. The van der Waals surface area contributed by atoms with E-state index in [1.54, 1.807) is 45.1 Å². The van der Waals surface area contributed by atoms with E-state index in [9.17, 15) is 9.59 Å². The first kappa shape index (κ1) is 16.7. The van der Waals surface area contributed by atoms with Crippen LogP contribution in [0.3, 0.4) is 0 Å². The summed E-state index contributed by atoms with van der Waals surface area (Å²) < 4.78 is 9.89. The topological polar surface area (TPSA) is 68.7 Å². The van der Waals surface area contributed by atoms with Gasteiger partial charge in [-0.3, -0.25) is 0 Å². The Bertz CT molecular complexity index is 521. The van der Waals surface area contributed by atoms with Gasteiger partial charge in [0.05, 0.1) is 18.8 Å². The Labute approximate surface area is 124 Å². The molecule has 0 unspecified atom stereocenters. The number of aromatic nitrogens is 1. The number of ether oxygens (including phenoxy) is 2. The molecule has 0 saturated heterocycles. The van der Waals surface area contributed by atoms with Gasteiger partial charge < -0.3 is 14.4 Å². The molecule has 21 heavy (non-hydrogen) atoms. The minimum absolute atomic E-state index is 0.202. The smallest absolute Gasteiger partial charge is 0.356 e. The zero-order chi connectivity index (χ0) is 15.8. The summed E-state index contributed by atoms with van der Waals surface area (Å²) in [6, 6.07) is 3.17. The molecule has 0 radical (unpaired) electrons. The van der Waals surface area contributed by atoms with Gasteiger partial charge in [0.15, 0.2) is 0 Å². The van der Waals surface area contributed by atoms with Gasteiger partial charge in [-0.25, -0.2) is 14.6 Å². The maximum Gasteiger partial charge on any atom is 0.356 e. The van der Waals surface area contributed by atoms with Gasteiger partial charge in [0.2, 0.25) is 0 Å². The standard InChI is InChI=1S/C15H20N2O4/c1-5-20-14(18)12(10-17(3)4)11-7-8-13(16-9-11)15(19)21-6-2/h7-10H,5-6H2,1-4H3. The fourth-order valence-corrected chi connectivity index (χ4v) is 1.59. The Kier molecular flexibility index (Phi) is 6.39. The normalized spacial score (nSPS) is 11.0. The van der Waals surface area contributed by atoms with Crippen LogP contribution in [0.1, 0.15) is 29.9 Å². The fraction of sp³-hybridized carbons (Fsp3) is 0.400. The highest BCUT2D eigenvalue weighted by molar-refractivity contribution is 6.16. The lowest BCUT2D eigenvalue weighted by atomic mass is 10.1. The quantitative estimate of drug-likeness (QED) is 0.587. The van der Waals surface area contributed by atoms with E-state index in [2.05, 4.69) is 4.98 Å². The molecule has 0 saturated carbocycles. The van der Waals surface area contributed by atoms with Crippen molar-refractivity contribution in [1.82, 2.24) is 9.88 Å². The molecular formula is C15H20N2O4. The lowest BCUT2D eigenvalue weighted by Crippen LogP contribution is -2.12. The molecule has 1 heterocycles. The molecule has 0 fully saturated rings. The highest BCUT2D eigenvalue weighted by Crippen LogP contribution is 2.16. The molecule has 114 valence electrons. The number of nitrogens with zero attached hydrogens (tertiary/aromatic N) is 2. The van der Waals surface area contributed by atoms with Gasteiger partial charge >= 0.3 is 11.9 Å². The van der Waals surface area contributed by atoms with Crippen molar-refractivity contribution in [2.24, 2.45) is 0 Å². The van der Waals surface area contributed by atoms with Crippen LogP contribution in [0.4, 0.5) is 0 Å². The van der Waals surface area contributed by atoms with Crippen LogP contribution in [0.2, 0.25) is 0 Å². The molecule has 0 spiro atoms. The maximum absolute atomic E-state index is 12.0. The number of carbonyl (C=O) groups excluding carboxylic acids is 2. The minimum Gasteiger partial charge on any atom is -0.462 e. The highest BCUT2D eigenvalue weighted by Gasteiger charge is 2.15. The van der Waals surface area contributed by atoms with Crippen molar-refractivity contribution in [1.29, 1.82) is 0 Å². The molecule has 6 nitrogen and oxygen atoms in total. The van der Waals surface area contributed by atoms with Gasteiger partial charge in [-0.15, -0.1) is 0 Å². The lowest BCUT2D eigenvalue weighted by molar-refractivity contribution is -0.136. The molecule has 0 atom stereocenters. The van der Waals surface area contributed by atoms with Crippen LogP contribution >= 0.6 is 0 Å². The Morgan fingerprint density at radius 1 is 1.19 bits per heavy atom. The Hall–Kier alpha value is -2.37. The van der Waals surface area contributed by atoms with Crippen molar-refractivity contribution in [2.75, 3.05) is 27.3 Å². The van der Waals surface area contributed by atoms with Crippen molar-refractivity contribution < 1.29 is 19.1 Å². The molecular weight excluding hydrogens is 272 g/mol. The van der Waals surface area contributed by atoms with Crippen LogP contribution in [-0.4, -0.2) is 49.1 Å². The van der Waals surface area contributed by atoms with E-state index >= 15 is 0 Å². The average Bonchev–Trinajstić information content (AvgIpc) is 2.45. The number of esters is 2. The van der Waals surface area contributed by atoms with E-state index in [1.165, 1.54) is 12.3 Å². The monoisotopic (exact) mass is 292 g/mol. The summed E-state index contributed by atoms with van der Waals surface area (Å²) in [5, 5.41) is 0. The number of rotatable bonds is 6. The van der Waals surface area contributed by atoms with Crippen molar-refractivity contribution >= 4 is 17.5 Å². The van der Waals surface area contributed by atoms with E-state index in [4.69, 9.17) is 9.47 Å². The zero-order valence-corrected chi connectivity index (χ0v) is 12.8. The van der Waals surface area contributed by atoms with Gasteiger partial charge in [-0.05, 0) is 19.9 Å². The van der Waals surface area contributed by atoms with E-state index in [-0.39, 0.29) is 18.9 Å². The van der Waals surface area contributed by atoms with E-state index < -0.39 is 11.9 Å². The molecule has 1 rings (SSSR count). The molecule has 0 aliphatic heterocycles. The second-order valence-corrected chi connectivity index (χ2v) is 4.38. The summed E-state index contributed by atoms with van der Waals surface area (Å²) in [4.78, 5) is 29.3. The third-order valence-corrected chi connectivity index (χ3v) is 2.44. The summed E-state index contributed by atoms with van der Waals surface area (Å²) >= 11 is 0. The van der Waals surface area contributed by atoms with E-state index in [0.717, 1.165) is 0 Å². The number of hydrogen-bond donors (Lipinski definition) is 0. The number of hydrogen-bond acceptors (Lipinski definition) is 6. The van der Waals surface area contributed by atoms with Crippen molar-refractivity contribution in [3.63, 3.8) is 0 Å². The van der Waals surface area contributed by atoms with E-state index in [1.807, 2.05) is 0 Å². The Morgan fingerprint density at radius 3 is 2.33 bits per heavy atom. The summed E-state index contributed by atoms with van der Waals surface area (Å²) in [7, 11) is 3.61. The van der Waals surface area contributed by atoms with Crippen LogP contribution in [0.25, 0.3) is 5.57 Å². The second-order valence-electron chi connectivity index (χ2n) is 4.38. The second kappa shape index (κ2) is 8.04. The summed E-state index contributed by atoms with van der Waals surface area (Å²) in [6.45, 7) is 4.05. The molecule has 1 aromatic heterocycles. The molecule has 1 aromatic rings. The first-order chi connectivity index (χ1) is 9.99. The number of pyridine rings is 1. The summed E-state index contributed by atoms with van der Waals surface area (Å²) in [6.07, 6.45) is 3.11. The van der Waals surface area contributed by atoms with Crippen molar-refractivity contribution in [2.45, 2.75) is 13.8 Å². The summed E-state index contributed by atoms with van der Waals surface area (Å²) in [5.41, 5.74) is 1.16. The zero-order valence-electron chi connectivity index (χ0n) is 12.8. The van der Waals surface area contributed by atoms with E-state index in [0.29, 0.717) is 11.1 Å². The largest absolute Gasteiger partial charge is 0.462 e. The predicted molar refractivity (Wildman–Crippen MR) is 78.5 cm³/mol. The Morgan fingerprint density at radius 2 is 1.86 bits per heavy atom. The van der Waals surface area contributed by atoms with Gasteiger partial charge in [0, 0.05) is 32.1 Å². The van der Waals surface area contributed by atoms with Crippen molar-refractivity contribution in [3.05, 3.63) is 35.8 Å². The SMILES string of the molecule is CCOC(=O)C(=CN(C)C)c1ccc(C(=O)OCC)nc1. The lowest BCUT2D eigenvalue weighted by Gasteiger charge is -2.11. The predicted octanol–water partition coefficient (Wildman–Crippen LogP) is 1.72. The molecule has 0 amide bonds. The molecule has 0 aliphatic rings. The van der Waals surface area contributed by atoms with Crippen molar-refractivity contribution in [3.8, 4) is 0 Å².